The fourth-order valence-electron chi connectivity index (χ4n) is 3.88. The van der Waals surface area contributed by atoms with Crippen LogP contribution in [0.3, 0.4) is 0 Å². The molecule has 0 aliphatic heterocycles. The molecule has 4 aromatic rings. The van der Waals surface area contributed by atoms with E-state index in [1.54, 1.807) is 6.07 Å². The van der Waals surface area contributed by atoms with E-state index < -0.39 is 5.97 Å². The first kappa shape index (κ1) is 16.3. The lowest BCUT2D eigenvalue weighted by Gasteiger charge is -2.21. The molecule has 4 heteroatoms. The molecule has 2 aromatic heterocycles. The van der Waals surface area contributed by atoms with Gasteiger partial charge in [0.05, 0.1) is 17.3 Å². The van der Waals surface area contributed by atoms with Crippen molar-refractivity contribution in [3.8, 4) is 0 Å². The zero-order valence-corrected chi connectivity index (χ0v) is 14.8. The summed E-state index contributed by atoms with van der Waals surface area (Å²) < 4.78 is 2.31. The zero-order valence-electron chi connectivity index (χ0n) is 14.8. The summed E-state index contributed by atoms with van der Waals surface area (Å²) >= 11 is 0. The van der Waals surface area contributed by atoms with E-state index >= 15 is 0 Å². The van der Waals surface area contributed by atoms with Crippen molar-refractivity contribution in [1.82, 2.24) is 9.55 Å². The SMILES string of the molecule is CCC(c1ccccc1)n1c2ccccc2c2cc(C(=O)O)nc(C)c21. The van der Waals surface area contributed by atoms with Gasteiger partial charge in [-0.25, -0.2) is 9.78 Å². The van der Waals surface area contributed by atoms with Crippen molar-refractivity contribution in [3.63, 3.8) is 0 Å². The van der Waals surface area contributed by atoms with Gasteiger partial charge < -0.3 is 9.67 Å². The van der Waals surface area contributed by atoms with Crippen molar-refractivity contribution >= 4 is 27.8 Å². The van der Waals surface area contributed by atoms with E-state index in [4.69, 9.17) is 0 Å². The molecule has 0 amide bonds. The Morgan fingerprint density at radius 1 is 1.08 bits per heavy atom. The van der Waals surface area contributed by atoms with Crippen LogP contribution in [0.15, 0.2) is 60.7 Å². The lowest BCUT2D eigenvalue weighted by molar-refractivity contribution is 0.0690. The first-order chi connectivity index (χ1) is 12.6. The van der Waals surface area contributed by atoms with Crippen LogP contribution in [-0.4, -0.2) is 20.6 Å². The topological polar surface area (TPSA) is 55.1 Å². The average molecular weight is 344 g/mol. The molecule has 1 atom stereocenters. The molecule has 4 rings (SSSR count). The number of carboxylic acid groups (broad SMARTS) is 1. The normalized spacial score (nSPS) is 12.5. The number of benzene rings is 2. The third-order valence-corrected chi connectivity index (χ3v) is 4.96. The minimum Gasteiger partial charge on any atom is -0.477 e. The average Bonchev–Trinajstić information content (AvgIpc) is 2.99. The van der Waals surface area contributed by atoms with E-state index in [0.717, 1.165) is 33.9 Å². The number of carbonyl (C=O) groups is 1. The molecule has 0 fully saturated rings. The highest BCUT2D eigenvalue weighted by Crippen LogP contribution is 2.36. The summed E-state index contributed by atoms with van der Waals surface area (Å²) in [4.78, 5) is 15.8. The summed E-state index contributed by atoms with van der Waals surface area (Å²) in [7, 11) is 0. The summed E-state index contributed by atoms with van der Waals surface area (Å²) in [6.45, 7) is 4.06. The minimum absolute atomic E-state index is 0.0886. The molecule has 0 aliphatic carbocycles. The van der Waals surface area contributed by atoms with Gasteiger partial charge in [0.15, 0.2) is 0 Å². The van der Waals surface area contributed by atoms with E-state index in [9.17, 15) is 9.90 Å². The number of hydrogen-bond acceptors (Lipinski definition) is 2. The number of rotatable bonds is 4. The van der Waals surface area contributed by atoms with Crippen molar-refractivity contribution in [2.75, 3.05) is 0 Å². The number of aromatic nitrogens is 2. The Bertz CT molecular complexity index is 1110. The molecule has 1 unspecified atom stereocenters. The zero-order chi connectivity index (χ0) is 18.3. The van der Waals surface area contributed by atoms with Gasteiger partial charge >= 0.3 is 5.97 Å². The number of aromatic carboxylic acids is 1. The second kappa shape index (κ2) is 6.30. The van der Waals surface area contributed by atoms with E-state index in [2.05, 4.69) is 52.9 Å². The van der Waals surface area contributed by atoms with Gasteiger partial charge in [-0.15, -0.1) is 0 Å². The summed E-state index contributed by atoms with van der Waals surface area (Å²) in [6, 6.07) is 20.4. The molecule has 1 N–H and O–H groups in total. The van der Waals surface area contributed by atoms with Crippen LogP contribution in [0.25, 0.3) is 21.8 Å². The molecule has 0 spiro atoms. The molecule has 0 bridgehead atoms. The first-order valence-corrected chi connectivity index (χ1v) is 8.80. The number of aryl methyl sites for hydroxylation is 1. The smallest absolute Gasteiger partial charge is 0.354 e. The lowest BCUT2D eigenvalue weighted by atomic mass is 10.0. The maximum Gasteiger partial charge on any atom is 0.354 e. The highest BCUT2D eigenvalue weighted by atomic mass is 16.4. The standard InChI is InChI=1S/C22H20N2O2/c1-3-19(15-9-5-4-6-10-15)24-20-12-8-7-11-16(20)17-13-18(22(25)26)23-14(2)21(17)24/h4-13,19H,3H2,1-2H3,(H,25,26). The third-order valence-electron chi connectivity index (χ3n) is 4.96. The van der Waals surface area contributed by atoms with Crippen LogP contribution >= 0.6 is 0 Å². The van der Waals surface area contributed by atoms with Crippen molar-refractivity contribution in [3.05, 3.63) is 77.6 Å². The summed E-state index contributed by atoms with van der Waals surface area (Å²) in [5.74, 6) is -0.998. The lowest BCUT2D eigenvalue weighted by Crippen LogP contribution is -2.11. The molecule has 0 saturated heterocycles. The predicted octanol–water partition coefficient (Wildman–Crippen LogP) is 5.20. The Hall–Kier alpha value is -3.14. The van der Waals surface area contributed by atoms with Gasteiger partial charge in [-0.1, -0.05) is 55.5 Å². The molecule has 0 radical (unpaired) electrons. The van der Waals surface area contributed by atoms with Gasteiger partial charge in [0.25, 0.3) is 0 Å². The number of pyridine rings is 1. The van der Waals surface area contributed by atoms with Gasteiger partial charge in [0, 0.05) is 16.3 Å². The fraction of sp³-hybridized carbons (Fsp3) is 0.182. The highest BCUT2D eigenvalue weighted by Gasteiger charge is 2.22. The van der Waals surface area contributed by atoms with Crippen LogP contribution in [0.5, 0.6) is 0 Å². The number of fused-ring (bicyclic) bond motifs is 3. The molecule has 0 saturated carbocycles. The molecular weight excluding hydrogens is 324 g/mol. The second-order valence-electron chi connectivity index (χ2n) is 6.52. The van der Waals surface area contributed by atoms with Crippen LogP contribution < -0.4 is 0 Å². The van der Waals surface area contributed by atoms with E-state index in [-0.39, 0.29) is 11.7 Å². The van der Waals surface area contributed by atoms with Crippen LogP contribution in [-0.2, 0) is 0 Å². The second-order valence-corrected chi connectivity index (χ2v) is 6.52. The van der Waals surface area contributed by atoms with Crippen LogP contribution in [0.4, 0.5) is 0 Å². The quantitative estimate of drug-likeness (QED) is 0.554. The van der Waals surface area contributed by atoms with Gasteiger partial charge in [-0.05, 0) is 31.0 Å². The van der Waals surface area contributed by atoms with Crippen LogP contribution in [0.1, 0.15) is 41.1 Å². The molecule has 2 aromatic carbocycles. The Morgan fingerprint density at radius 2 is 1.77 bits per heavy atom. The molecule has 4 nitrogen and oxygen atoms in total. The molecule has 26 heavy (non-hydrogen) atoms. The Morgan fingerprint density at radius 3 is 2.46 bits per heavy atom. The molecule has 2 heterocycles. The van der Waals surface area contributed by atoms with Crippen molar-refractivity contribution in [1.29, 1.82) is 0 Å². The number of carboxylic acids is 1. The number of hydrogen-bond donors (Lipinski definition) is 1. The maximum absolute atomic E-state index is 11.5. The monoisotopic (exact) mass is 344 g/mol. The Kier molecular flexibility index (Phi) is 3.96. The van der Waals surface area contributed by atoms with Gasteiger partial charge in [-0.3, -0.25) is 0 Å². The van der Waals surface area contributed by atoms with Crippen LogP contribution in [0.2, 0.25) is 0 Å². The maximum atomic E-state index is 11.5. The van der Waals surface area contributed by atoms with Gasteiger partial charge in [0.1, 0.15) is 5.69 Å². The number of para-hydroxylation sites is 1. The van der Waals surface area contributed by atoms with Crippen molar-refractivity contribution in [2.45, 2.75) is 26.3 Å². The molecular formula is C22H20N2O2. The van der Waals surface area contributed by atoms with Crippen molar-refractivity contribution < 1.29 is 9.90 Å². The summed E-state index contributed by atoms with van der Waals surface area (Å²) in [6.07, 6.45) is 0.928. The minimum atomic E-state index is -0.998. The van der Waals surface area contributed by atoms with E-state index in [1.807, 2.05) is 25.1 Å². The molecule has 130 valence electrons. The van der Waals surface area contributed by atoms with Crippen molar-refractivity contribution in [2.24, 2.45) is 0 Å². The van der Waals surface area contributed by atoms with E-state index in [0.29, 0.717) is 0 Å². The number of nitrogens with zero attached hydrogens (tertiary/aromatic N) is 2. The highest BCUT2D eigenvalue weighted by molar-refractivity contribution is 6.10. The van der Waals surface area contributed by atoms with Gasteiger partial charge in [0.2, 0.25) is 0 Å². The summed E-state index contributed by atoms with van der Waals surface area (Å²) in [5.41, 5.74) is 4.17. The molecule has 0 aliphatic rings. The summed E-state index contributed by atoms with van der Waals surface area (Å²) in [5, 5.41) is 11.4. The predicted molar refractivity (Wildman–Crippen MR) is 104 cm³/mol. The third kappa shape index (κ3) is 2.46. The largest absolute Gasteiger partial charge is 0.477 e. The fourth-order valence-corrected chi connectivity index (χ4v) is 3.88. The Labute approximate surface area is 151 Å². The van der Waals surface area contributed by atoms with Gasteiger partial charge in [-0.2, -0.15) is 0 Å². The van der Waals surface area contributed by atoms with Crippen LogP contribution in [0, 0.1) is 6.92 Å². The van der Waals surface area contributed by atoms with E-state index in [1.165, 1.54) is 5.56 Å². The Balaban J connectivity index is 2.12. The first-order valence-electron chi connectivity index (χ1n) is 8.80.